The van der Waals surface area contributed by atoms with Crippen molar-refractivity contribution in [1.82, 2.24) is 24.7 Å². The highest BCUT2D eigenvalue weighted by Crippen LogP contribution is 2.29. The van der Waals surface area contributed by atoms with Crippen LogP contribution in [0.25, 0.3) is 21.6 Å². The van der Waals surface area contributed by atoms with Gasteiger partial charge in [-0.1, -0.05) is 42.1 Å². The molecule has 5 rings (SSSR count). The van der Waals surface area contributed by atoms with Crippen molar-refractivity contribution in [2.24, 2.45) is 0 Å². The van der Waals surface area contributed by atoms with Gasteiger partial charge in [0.2, 0.25) is 0 Å². The minimum absolute atomic E-state index is 0.124. The highest BCUT2D eigenvalue weighted by Gasteiger charge is 2.20. The Balaban J connectivity index is 1.47. The Morgan fingerprint density at radius 3 is 2.76 bits per heavy atom. The zero-order valence-electron chi connectivity index (χ0n) is 17.3. The average molecular weight is 480 g/mol. The number of aryl methyl sites for hydroxylation is 1. The van der Waals surface area contributed by atoms with E-state index in [-0.39, 0.29) is 10.4 Å². The summed E-state index contributed by atoms with van der Waals surface area (Å²) >= 11 is 2.38. The average Bonchev–Trinajstić information content (AvgIpc) is 3.53. The monoisotopic (exact) mass is 479 g/mol. The molecule has 0 aliphatic rings. The highest BCUT2D eigenvalue weighted by molar-refractivity contribution is 7.98. The second-order valence-corrected chi connectivity index (χ2v) is 9.12. The molecule has 0 saturated heterocycles. The fourth-order valence-electron chi connectivity index (χ4n) is 3.49. The fourth-order valence-corrected chi connectivity index (χ4v) is 5.34. The van der Waals surface area contributed by atoms with Gasteiger partial charge in [0.15, 0.2) is 11.0 Å². The van der Waals surface area contributed by atoms with Gasteiger partial charge in [-0.25, -0.2) is 9.78 Å². The van der Waals surface area contributed by atoms with Crippen molar-refractivity contribution in [2.45, 2.75) is 24.4 Å². The number of fused-ring (bicyclic) bond motifs is 1. The smallest absolute Gasteiger partial charge is 0.346 e. The molecule has 0 fully saturated rings. The maximum absolute atomic E-state index is 12.6. The van der Waals surface area contributed by atoms with E-state index < -0.39 is 5.97 Å². The van der Waals surface area contributed by atoms with E-state index in [1.807, 2.05) is 47.0 Å². The van der Waals surface area contributed by atoms with Gasteiger partial charge in [0.1, 0.15) is 21.3 Å². The summed E-state index contributed by atoms with van der Waals surface area (Å²) in [5.41, 5.74) is 1.01. The van der Waals surface area contributed by atoms with Gasteiger partial charge in [-0.15, -0.1) is 21.5 Å². The number of carboxylic acids is 1. The molecule has 33 heavy (non-hydrogen) atoms. The van der Waals surface area contributed by atoms with E-state index in [9.17, 15) is 14.7 Å². The van der Waals surface area contributed by atoms with Gasteiger partial charge in [-0.2, -0.15) is 0 Å². The number of furan rings is 1. The Labute approximate surface area is 195 Å². The third kappa shape index (κ3) is 4.08. The molecule has 0 atom stereocenters. The Bertz CT molecular complexity index is 1500. The van der Waals surface area contributed by atoms with Crippen molar-refractivity contribution >= 4 is 39.3 Å². The third-order valence-electron chi connectivity index (χ3n) is 5.02. The minimum Gasteiger partial charge on any atom is -0.477 e. The van der Waals surface area contributed by atoms with Gasteiger partial charge in [0, 0.05) is 5.56 Å². The van der Waals surface area contributed by atoms with Crippen LogP contribution >= 0.6 is 23.1 Å². The SMILES string of the molecule is Cc1c(C(=O)O)sc2nc(CSc3nnc(-c4ccccc4)n3Cc3ccco3)[nH]c(=O)c12. The van der Waals surface area contributed by atoms with E-state index in [0.717, 1.165) is 22.7 Å². The largest absolute Gasteiger partial charge is 0.477 e. The quantitative estimate of drug-likeness (QED) is 0.333. The number of H-pyrrole nitrogens is 1. The van der Waals surface area contributed by atoms with E-state index in [1.54, 1.807) is 13.2 Å². The number of thiophene rings is 1. The van der Waals surface area contributed by atoms with Gasteiger partial charge in [-0.3, -0.25) is 9.36 Å². The molecule has 0 saturated carbocycles. The van der Waals surface area contributed by atoms with Crippen LogP contribution in [-0.4, -0.2) is 35.8 Å². The normalized spacial score (nSPS) is 11.3. The standard InChI is InChI=1S/C22H17N5O4S2/c1-12-16-19(28)23-15(24-20(16)33-17(12)21(29)30)11-32-22-26-25-18(13-6-3-2-4-7-13)27(22)10-14-8-5-9-31-14/h2-9H,10-11H2,1H3,(H,29,30)(H,23,24,28). The lowest BCUT2D eigenvalue weighted by atomic mass is 10.2. The van der Waals surface area contributed by atoms with Crippen LogP contribution in [0.15, 0.2) is 63.1 Å². The summed E-state index contributed by atoms with van der Waals surface area (Å²) in [5.74, 6) is 1.16. The minimum atomic E-state index is -1.06. The molecule has 166 valence electrons. The molecule has 0 unspecified atom stereocenters. The maximum Gasteiger partial charge on any atom is 0.346 e. The van der Waals surface area contributed by atoms with Gasteiger partial charge in [-0.05, 0) is 24.6 Å². The number of thioether (sulfide) groups is 1. The molecule has 11 heteroatoms. The number of carbonyl (C=O) groups is 1. The number of nitrogens with one attached hydrogen (secondary N) is 1. The molecule has 5 aromatic rings. The predicted molar refractivity (Wildman–Crippen MR) is 125 cm³/mol. The first-order valence-electron chi connectivity index (χ1n) is 9.90. The van der Waals surface area contributed by atoms with Crippen molar-refractivity contribution in [3.8, 4) is 11.4 Å². The number of carboxylic acid groups (broad SMARTS) is 1. The van der Waals surface area contributed by atoms with Crippen LogP contribution in [0.4, 0.5) is 0 Å². The van der Waals surface area contributed by atoms with Gasteiger partial charge in [0.05, 0.1) is 23.9 Å². The summed E-state index contributed by atoms with van der Waals surface area (Å²) in [6.45, 7) is 2.07. The van der Waals surface area contributed by atoms with Crippen LogP contribution in [0.2, 0.25) is 0 Å². The Kier molecular flexibility index (Phi) is 5.56. The first-order chi connectivity index (χ1) is 16.0. The number of hydrogen-bond acceptors (Lipinski definition) is 8. The summed E-state index contributed by atoms with van der Waals surface area (Å²) in [6.07, 6.45) is 1.62. The summed E-state index contributed by atoms with van der Waals surface area (Å²) in [7, 11) is 0. The zero-order valence-corrected chi connectivity index (χ0v) is 18.9. The molecule has 1 aromatic carbocycles. The lowest BCUT2D eigenvalue weighted by molar-refractivity contribution is 0.0701. The second-order valence-electron chi connectivity index (χ2n) is 7.18. The highest BCUT2D eigenvalue weighted by atomic mass is 32.2. The number of aromatic amines is 1. The van der Waals surface area contributed by atoms with Crippen LogP contribution in [0.3, 0.4) is 0 Å². The number of nitrogens with zero attached hydrogens (tertiary/aromatic N) is 4. The van der Waals surface area contributed by atoms with E-state index in [0.29, 0.717) is 44.9 Å². The Morgan fingerprint density at radius 1 is 1.21 bits per heavy atom. The molecule has 4 heterocycles. The second kappa shape index (κ2) is 8.68. The van der Waals surface area contributed by atoms with Crippen LogP contribution in [0.5, 0.6) is 0 Å². The predicted octanol–water partition coefficient (Wildman–Crippen LogP) is 4.18. The third-order valence-corrected chi connectivity index (χ3v) is 7.18. The Hall–Kier alpha value is -3.70. The first kappa shape index (κ1) is 21.2. The van der Waals surface area contributed by atoms with Crippen molar-refractivity contribution in [3.63, 3.8) is 0 Å². The maximum atomic E-state index is 12.6. The van der Waals surface area contributed by atoms with Crippen LogP contribution < -0.4 is 5.56 Å². The molecule has 0 radical (unpaired) electrons. The molecule has 0 aliphatic heterocycles. The van der Waals surface area contributed by atoms with Gasteiger partial charge >= 0.3 is 5.97 Å². The van der Waals surface area contributed by atoms with Crippen molar-refractivity contribution in [2.75, 3.05) is 0 Å². The van der Waals surface area contributed by atoms with E-state index in [4.69, 9.17) is 4.42 Å². The van der Waals surface area contributed by atoms with Crippen LogP contribution in [0.1, 0.15) is 26.8 Å². The number of hydrogen-bond donors (Lipinski definition) is 2. The molecular weight excluding hydrogens is 462 g/mol. The summed E-state index contributed by atoms with van der Waals surface area (Å²) in [4.78, 5) is 31.8. The summed E-state index contributed by atoms with van der Waals surface area (Å²) in [5, 5.41) is 19.0. The van der Waals surface area contributed by atoms with Gasteiger partial charge < -0.3 is 14.5 Å². The van der Waals surface area contributed by atoms with Crippen molar-refractivity contribution in [1.29, 1.82) is 0 Å². The first-order valence-corrected chi connectivity index (χ1v) is 11.7. The van der Waals surface area contributed by atoms with Crippen molar-refractivity contribution in [3.05, 3.63) is 81.1 Å². The summed E-state index contributed by atoms with van der Waals surface area (Å²) < 4.78 is 7.47. The zero-order chi connectivity index (χ0) is 22.9. The van der Waals surface area contributed by atoms with E-state index in [2.05, 4.69) is 20.2 Å². The molecule has 2 N–H and O–H groups in total. The molecule has 0 aliphatic carbocycles. The van der Waals surface area contributed by atoms with Crippen LogP contribution in [0, 0.1) is 6.92 Å². The topological polar surface area (TPSA) is 127 Å². The molecule has 4 aromatic heterocycles. The molecule has 9 nitrogen and oxygen atoms in total. The molecule has 0 bridgehead atoms. The van der Waals surface area contributed by atoms with E-state index in [1.165, 1.54) is 11.8 Å². The number of aromatic nitrogens is 5. The van der Waals surface area contributed by atoms with Crippen LogP contribution in [-0.2, 0) is 12.3 Å². The lowest BCUT2D eigenvalue weighted by Crippen LogP contribution is -2.11. The number of aromatic carboxylic acids is 1. The molecular formula is C22H17N5O4S2. The fraction of sp³-hybridized carbons (Fsp3) is 0.136. The summed E-state index contributed by atoms with van der Waals surface area (Å²) in [6, 6.07) is 13.4. The van der Waals surface area contributed by atoms with Gasteiger partial charge in [0.25, 0.3) is 5.56 Å². The van der Waals surface area contributed by atoms with Crippen molar-refractivity contribution < 1.29 is 14.3 Å². The molecule has 0 amide bonds. The van der Waals surface area contributed by atoms with E-state index >= 15 is 0 Å². The number of benzene rings is 1. The lowest BCUT2D eigenvalue weighted by Gasteiger charge is -2.09. The molecule has 0 spiro atoms. The Morgan fingerprint density at radius 2 is 2.03 bits per heavy atom. The number of rotatable bonds is 7.